The molecule has 3 aromatic carbocycles. The van der Waals surface area contributed by atoms with Gasteiger partial charge in [0.05, 0.1) is 19.6 Å². The second kappa shape index (κ2) is 12.8. The third kappa shape index (κ3) is 8.97. The lowest BCUT2D eigenvalue weighted by Crippen LogP contribution is -2.43. The van der Waals surface area contributed by atoms with Crippen LogP contribution in [0.2, 0.25) is 0 Å². The van der Waals surface area contributed by atoms with Crippen molar-refractivity contribution in [3.8, 4) is 5.75 Å². The Balaban J connectivity index is 1.78. The molecule has 11 heteroatoms. The molecule has 0 amide bonds. The Morgan fingerprint density at radius 1 is 0.800 bits per heavy atom. The average Bonchev–Trinajstić information content (AvgIpc) is 2.84. The predicted octanol–water partition coefficient (Wildman–Crippen LogP) is 4.12. The lowest BCUT2D eigenvalue weighted by molar-refractivity contribution is -0.394. The molecule has 3 rings (SSSR count). The van der Waals surface area contributed by atoms with Gasteiger partial charge in [-0.2, -0.15) is 0 Å². The molecule has 0 saturated heterocycles. The number of phosphoric acid groups is 1. The summed E-state index contributed by atoms with van der Waals surface area (Å²) in [4.78, 5) is 45.6. The van der Waals surface area contributed by atoms with E-state index in [2.05, 4.69) is 4.52 Å². The van der Waals surface area contributed by atoms with E-state index in [9.17, 15) is 24.2 Å². The van der Waals surface area contributed by atoms with Crippen molar-refractivity contribution in [1.29, 1.82) is 0 Å². The molecule has 1 unspecified atom stereocenters. The van der Waals surface area contributed by atoms with Crippen LogP contribution in [-0.4, -0.2) is 33.2 Å². The van der Waals surface area contributed by atoms with Crippen LogP contribution >= 0.6 is 7.82 Å². The van der Waals surface area contributed by atoms with E-state index in [0.29, 0.717) is 16.4 Å². The van der Waals surface area contributed by atoms with Crippen LogP contribution in [0.1, 0.15) is 17.5 Å². The normalized spacial score (nSPS) is 13.5. The van der Waals surface area contributed by atoms with E-state index >= 15 is 0 Å². The minimum Gasteiger partial charge on any atom is -0.481 e. The molecule has 0 spiro atoms. The zero-order chi connectivity index (χ0) is 25.1. The van der Waals surface area contributed by atoms with Crippen molar-refractivity contribution in [2.75, 3.05) is 0 Å². The van der Waals surface area contributed by atoms with Gasteiger partial charge < -0.3 is 14.2 Å². The Kier molecular flexibility index (Phi) is 9.54. The van der Waals surface area contributed by atoms with Gasteiger partial charge in [-0.05, 0) is 23.3 Å². The average molecular weight is 501 g/mol. The molecule has 0 aromatic heterocycles. The molecule has 0 bridgehead atoms. The number of nitrogens with zero attached hydrogens (tertiary/aromatic N) is 1. The SMILES string of the molecule is O=C(O)C[C@@H](C(=O)OP(=O)(O)Oc1ccccc1)N(OCc1ccccc1)OCc1ccccc1. The Morgan fingerprint density at radius 3 is 1.71 bits per heavy atom. The van der Waals surface area contributed by atoms with Gasteiger partial charge >= 0.3 is 19.8 Å². The topological polar surface area (TPSA) is 132 Å². The molecule has 3 aromatic rings. The first kappa shape index (κ1) is 26.1. The van der Waals surface area contributed by atoms with Crippen molar-refractivity contribution in [3.05, 3.63) is 102 Å². The molecule has 10 nitrogen and oxygen atoms in total. The van der Waals surface area contributed by atoms with Crippen molar-refractivity contribution in [1.82, 2.24) is 5.23 Å². The van der Waals surface area contributed by atoms with Gasteiger partial charge in [-0.25, -0.2) is 9.36 Å². The first-order valence-electron chi connectivity index (χ1n) is 10.5. The van der Waals surface area contributed by atoms with Crippen LogP contribution in [0.3, 0.4) is 0 Å². The minimum atomic E-state index is -4.94. The lowest BCUT2D eigenvalue weighted by atomic mass is 10.2. The molecule has 0 aliphatic rings. The molecule has 0 radical (unpaired) electrons. The molecule has 2 N–H and O–H groups in total. The van der Waals surface area contributed by atoms with Gasteiger partial charge in [0, 0.05) is 0 Å². The molecule has 2 atom stereocenters. The van der Waals surface area contributed by atoms with Crippen molar-refractivity contribution >= 4 is 19.8 Å². The van der Waals surface area contributed by atoms with E-state index in [4.69, 9.17) is 14.2 Å². The first-order valence-corrected chi connectivity index (χ1v) is 12.0. The van der Waals surface area contributed by atoms with Crippen LogP contribution in [0.25, 0.3) is 0 Å². The second-order valence-corrected chi connectivity index (χ2v) is 8.50. The zero-order valence-corrected chi connectivity index (χ0v) is 19.4. The largest absolute Gasteiger partial charge is 0.587 e. The van der Waals surface area contributed by atoms with Crippen LogP contribution < -0.4 is 4.52 Å². The molecule has 184 valence electrons. The third-order valence-corrected chi connectivity index (χ3v) is 5.32. The number of carboxylic acid groups (broad SMARTS) is 1. The lowest BCUT2D eigenvalue weighted by Gasteiger charge is -2.27. The van der Waals surface area contributed by atoms with Crippen LogP contribution in [0.5, 0.6) is 5.75 Å². The summed E-state index contributed by atoms with van der Waals surface area (Å²) in [6, 6.07) is 23.6. The number of benzene rings is 3. The van der Waals surface area contributed by atoms with Gasteiger partial charge in [0.2, 0.25) is 0 Å². The van der Waals surface area contributed by atoms with Crippen molar-refractivity contribution < 1.29 is 42.9 Å². The highest BCUT2D eigenvalue weighted by atomic mass is 31.2. The summed E-state index contributed by atoms with van der Waals surface area (Å²) in [5, 5.41) is 10.1. The molecular weight excluding hydrogens is 477 g/mol. The van der Waals surface area contributed by atoms with Crippen LogP contribution in [0, 0.1) is 0 Å². The Morgan fingerprint density at radius 2 is 1.26 bits per heavy atom. The van der Waals surface area contributed by atoms with Gasteiger partial charge in [0.15, 0.2) is 6.04 Å². The maximum atomic E-state index is 12.8. The minimum absolute atomic E-state index is 0.0153. The Bertz CT molecular complexity index is 1090. The van der Waals surface area contributed by atoms with Gasteiger partial charge in [0.1, 0.15) is 5.75 Å². The molecule has 0 heterocycles. The number of carbonyl (C=O) groups excluding carboxylic acids is 1. The number of carbonyl (C=O) groups is 2. The van der Waals surface area contributed by atoms with Crippen molar-refractivity contribution in [2.45, 2.75) is 25.7 Å². The molecule has 0 saturated carbocycles. The molecular formula is C24H24NO9P. The number of hydroxylamine groups is 2. The summed E-state index contributed by atoms with van der Waals surface area (Å²) in [5.74, 6) is -2.78. The summed E-state index contributed by atoms with van der Waals surface area (Å²) in [7, 11) is -4.94. The maximum Gasteiger partial charge on any atom is 0.587 e. The summed E-state index contributed by atoms with van der Waals surface area (Å²) in [6.45, 7) is -0.146. The molecule has 0 aliphatic heterocycles. The Hall–Kier alpha value is -3.53. The summed E-state index contributed by atoms with van der Waals surface area (Å²) < 4.78 is 22.0. The maximum absolute atomic E-state index is 12.8. The summed E-state index contributed by atoms with van der Waals surface area (Å²) in [6.07, 6.45) is -0.840. The fourth-order valence-corrected chi connectivity index (χ4v) is 3.63. The summed E-state index contributed by atoms with van der Waals surface area (Å²) >= 11 is 0. The van der Waals surface area contributed by atoms with Gasteiger partial charge in [0.25, 0.3) is 0 Å². The van der Waals surface area contributed by atoms with E-state index in [-0.39, 0.29) is 19.0 Å². The summed E-state index contributed by atoms with van der Waals surface area (Å²) in [5.41, 5.74) is 1.42. The van der Waals surface area contributed by atoms with Crippen molar-refractivity contribution in [3.63, 3.8) is 0 Å². The van der Waals surface area contributed by atoms with Gasteiger partial charge in [-0.1, -0.05) is 84.1 Å². The quantitative estimate of drug-likeness (QED) is 0.260. The number of rotatable bonds is 13. The highest BCUT2D eigenvalue weighted by Gasteiger charge is 2.38. The number of phosphoric ester groups is 1. The standard InChI is InChI=1S/C24H24NO9P/c26-23(27)16-22(24(28)34-35(29,30)33-21-14-8-3-9-15-21)25(31-17-19-10-4-1-5-11-19)32-18-20-12-6-2-7-13-20/h1-15,22H,16-18H2,(H,26,27)(H,29,30)/t22-/m0/s1. The zero-order valence-electron chi connectivity index (χ0n) is 18.5. The number of para-hydroxylation sites is 1. The number of aliphatic carboxylic acids is 1. The number of hydrogen-bond acceptors (Lipinski definition) is 8. The van der Waals surface area contributed by atoms with Crippen LogP contribution in [-0.2, 0) is 41.6 Å². The third-order valence-electron chi connectivity index (χ3n) is 4.47. The van der Waals surface area contributed by atoms with E-state index in [1.54, 1.807) is 66.7 Å². The molecule has 0 fully saturated rings. The predicted molar refractivity (Wildman–Crippen MR) is 123 cm³/mol. The fraction of sp³-hybridized carbons (Fsp3) is 0.167. The first-order chi connectivity index (χ1) is 16.8. The highest BCUT2D eigenvalue weighted by molar-refractivity contribution is 7.48. The van der Waals surface area contributed by atoms with Gasteiger partial charge in [-0.3, -0.25) is 19.4 Å². The highest BCUT2D eigenvalue weighted by Crippen LogP contribution is 2.44. The molecule has 35 heavy (non-hydrogen) atoms. The van der Waals surface area contributed by atoms with Crippen LogP contribution in [0.4, 0.5) is 0 Å². The van der Waals surface area contributed by atoms with Gasteiger partial charge in [-0.15, -0.1) is 0 Å². The number of carboxylic acids is 1. The van der Waals surface area contributed by atoms with E-state index < -0.39 is 32.2 Å². The fourth-order valence-electron chi connectivity index (χ4n) is 2.86. The molecule has 0 aliphatic carbocycles. The van der Waals surface area contributed by atoms with Crippen LogP contribution in [0.15, 0.2) is 91.0 Å². The monoisotopic (exact) mass is 501 g/mol. The Labute approximate surface area is 201 Å². The smallest absolute Gasteiger partial charge is 0.481 e. The van der Waals surface area contributed by atoms with E-state index in [1.165, 1.54) is 12.1 Å². The second-order valence-electron chi connectivity index (χ2n) is 7.20. The number of hydrogen-bond donors (Lipinski definition) is 2. The van der Waals surface area contributed by atoms with E-state index in [0.717, 1.165) is 0 Å². The van der Waals surface area contributed by atoms with Crippen molar-refractivity contribution in [2.24, 2.45) is 0 Å². The van der Waals surface area contributed by atoms with E-state index in [1.807, 2.05) is 12.1 Å².